The Kier molecular flexibility index (Phi) is 8.81. The summed E-state index contributed by atoms with van der Waals surface area (Å²) >= 11 is 0. The van der Waals surface area contributed by atoms with Gasteiger partial charge in [0.25, 0.3) is 0 Å². The van der Waals surface area contributed by atoms with Crippen molar-refractivity contribution in [3.8, 4) is 0 Å². The van der Waals surface area contributed by atoms with Crippen LogP contribution < -0.4 is 0 Å². The summed E-state index contributed by atoms with van der Waals surface area (Å²) in [5.41, 5.74) is 0.155. The molecule has 0 saturated carbocycles. The molecule has 0 aliphatic heterocycles. The van der Waals surface area contributed by atoms with Crippen molar-refractivity contribution in [1.29, 1.82) is 0 Å². The van der Waals surface area contributed by atoms with Crippen LogP contribution >= 0.6 is 9.48 Å². The van der Waals surface area contributed by atoms with E-state index in [1.807, 2.05) is 0 Å². The molecule has 0 aromatic rings. The average molecular weight is 350 g/mol. The third-order valence-electron chi connectivity index (χ3n) is 3.97. The van der Waals surface area contributed by atoms with E-state index in [1.54, 1.807) is 0 Å². The Morgan fingerprint density at radius 1 is 1.10 bits per heavy atom. The Labute approximate surface area is 139 Å². The van der Waals surface area contributed by atoms with Gasteiger partial charge in [-0.3, -0.25) is 9.48 Å². The molecule has 0 aliphatic carbocycles. The lowest BCUT2D eigenvalue weighted by Gasteiger charge is -2.47. The van der Waals surface area contributed by atoms with Gasteiger partial charge in [0.1, 0.15) is 0 Å². The first-order valence-corrected chi connectivity index (χ1v) is 14.3. The molecule has 5 heteroatoms. The van der Waals surface area contributed by atoms with E-state index in [2.05, 4.69) is 70.0 Å². The zero-order valence-corrected chi connectivity index (χ0v) is 18.5. The lowest BCUT2D eigenvalue weighted by molar-refractivity contribution is 0.0379. The molecule has 2 nitrogen and oxygen atoms in total. The van der Waals surface area contributed by atoms with Crippen molar-refractivity contribution in [2.75, 3.05) is 19.1 Å². The van der Waals surface area contributed by atoms with Crippen molar-refractivity contribution in [3.05, 3.63) is 0 Å². The fourth-order valence-corrected chi connectivity index (χ4v) is 13.7. The highest BCUT2D eigenvalue weighted by molar-refractivity contribution is 8.50. The zero-order valence-electron chi connectivity index (χ0n) is 15.7. The highest BCUT2D eigenvalue weighted by Crippen LogP contribution is 2.47. The van der Waals surface area contributed by atoms with Crippen molar-refractivity contribution in [2.45, 2.75) is 78.3 Å². The molecule has 0 heterocycles. The second-order valence-electron chi connectivity index (χ2n) is 7.55. The van der Waals surface area contributed by atoms with Crippen LogP contribution in [-0.4, -0.2) is 48.0 Å². The standard InChI is InChI=1S/C16H37O2SSi2/c1-10-13-17-21(9,15(12-3)19(7,8)20)18-14(11-2)16(4,5)6/h14-15H,10-13H2,1-9H3. The molecule has 0 aromatic carbocycles. The van der Waals surface area contributed by atoms with Gasteiger partial charge in [-0.15, -0.1) is 0 Å². The largest absolute Gasteiger partial charge is 0.394 e. The van der Waals surface area contributed by atoms with Crippen molar-refractivity contribution >= 4 is 27.4 Å². The molecule has 0 aromatic heterocycles. The van der Waals surface area contributed by atoms with Gasteiger partial charge in [0.15, 0.2) is 0 Å². The van der Waals surface area contributed by atoms with Crippen LogP contribution in [0.5, 0.6) is 0 Å². The minimum Gasteiger partial charge on any atom is -0.394 e. The molecule has 0 fully saturated rings. The molecule has 3 unspecified atom stereocenters. The maximum atomic E-state index is 6.74. The normalized spacial score (nSPS) is 19.9. The molecule has 0 N–H and O–H groups in total. The fourth-order valence-electron chi connectivity index (χ4n) is 2.99. The van der Waals surface area contributed by atoms with Crippen LogP contribution in [0.1, 0.15) is 60.8 Å². The van der Waals surface area contributed by atoms with Crippen molar-refractivity contribution in [3.63, 3.8) is 0 Å². The summed E-state index contributed by atoms with van der Waals surface area (Å²) < 4.78 is 13.1. The van der Waals surface area contributed by atoms with Crippen LogP contribution in [0.15, 0.2) is 0 Å². The topological polar surface area (TPSA) is 18.5 Å². The predicted molar refractivity (Wildman–Crippen MR) is 102 cm³/mol. The Morgan fingerprint density at radius 3 is 1.90 bits per heavy atom. The first-order chi connectivity index (χ1) is 9.42. The molecular formula is C16H37O2SSi2. The monoisotopic (exact) mass is 349 g/mol. The van der Waals surface area contributed by atoms with Crippen LogP contribution in [0.4, 0.5) is 0 Å². The highest BCUT2D eigenvalue weighted by Gasteiger charge is 2.47. The number of hydrogen-bond acceptors (Lipinski definition) is 2. The first-order valence-electron chi connectivity index (χ1n) is 8.20. The second-order valence-corrected chi connectivity index (χ2v) is 17.8. The molecule has 0 rings (SSSR count). The summed E-state index contributed by atoms with van der Waals surface area (Å²) in [5, 5.41) is 0. The third kappa shape index (κ3) is 6.77. The zero-order chi connectivity index (χ0) is 16.9. The Balaban J connectivity index is 5.41. The lowest BCUT2D eigenvalue weighted by atomic mass is 9.88. The van der Waals surface area contributed by atoms with Gasteiger partial charge in [0.05, 0.1) is 15.5 Å². The average Bonchev–Trinajstić information content (AvgIpc) is 2.31. The number of hydrogen-bond donors (Lipinski definition) is 0. The van der Waals surface area contributed by atoms with Gasteiger partial charge in [0.2, 0.25) is 0 Å². The highest BCUT2D eigenvalue weighted by atomic mass is 32.4. The smallest absolute Gasteiger partial charge is 0.346 e. The molecular weight excluding hydrogens is 312 g/mol. The molecule has 0 saturated heterocycles. The van der Waals surface area contributed by atoms with Crippen LogP contribution in [0, 0.1) is 5.41 Å². The summed E-state index contributed by atoms with van der Waals surface area (Å²) in [5.74, 6) is 0. The van der Waals surface area contributed by atoms with Gasteiger partial charge in [-0.25, -0.2) is 0 Å². The van der Waals surface area contributed by atoms with Gasteiger partial charge in [-0.2, -0.15) is 0 Å². The van der Waals surface area contributed by atoms with E-state index in [0.29, 0.717) is 4.87 Å². The predicted octanol–water partition coefficient (Wildman–Crippen LogP) is 4.79. The van der Waals surface area contributed by atoms with Crippen molar-refractivity contribution < 1.29 is 8.85 Å². The molecule has 0 bridgehead atoms. The summed E-state index contributed by atoms with van der Waals surface area (Å²) in [6.07, 6.45) is 8.09. The summed E-state index contributed by atoms with van der Waals surface area (Å²) in [4.78, 5) is 0.504. The summed E-state index contributed by atoms with van der Waals surface area (Å²) in [7, 11) is 0.885. The first kappa shape index (κ1) is 21.7. The maximum Gasteiger partial charge on any atom is 0.346 e. The van der Waals surface area contributed by atoms with Crippen LogP contribution in [0.3, 0.4) is 0 Å². The van der Waals surface area contributed by atoms with Crippen molar-refractivity contribution in [1.82, 2.24) is 0 Å². The van der Waals surface area contributed by atoms with Gasteiger partial charge in [-0.1, -0.05) is 41.5 Å². The van der Waals surface area contributed by atoms with E-state index in [1.165, 1.54) is 0 Å². The van der Waals surface area contributed by atoms with E-state index in [4.69, 9.17) is 8.85 Å². The maximum absolute atomic E-state index is 6.74. The second kappa shape index (κ2) is 8.53. The van der Waals surface area contributed by atoms with E-state index in [0.717, 1.165) is 25.9 Å². The third-order valence-corrected chi connectivity index (χ3v) is 13.4. The molecule has 0 spiro atoms. The summed E-state index contributed by atoms with van der Waals surface area (Å²) in [6.45, 7) is 16.5. The molecule has 3 radical (unpaired) electrons. The van der Waals surface area contributed by atoms with Gasteiger partial charge in [0, 0.05) is 11.5 Å². The quantitative estimate of drug-likeness (QED) is 0.557. The Hall–Kier alpha value is 0.704. The fraction of sp³-hybridized carbons (Fsp3) is 1.00. The van der Waals surface area contributed by atoms with E-state index in [9.17, 15) is 0 Å². The van der Waals surface area contributed by atoms with Crippen molar-refractivity contribution in [2.24, 2.45) is 5.41 Å². The molecule has 0 amide bonds. The lowest BCUT2D eigenvalue weighted by Crippen LogP contribution is -2.56. The minimum absolute atomic E-state index is 0.155. The minimum atomic E-state index is -2.24. The van der Waals surface area contributed by atoms with Crippen LogP contribution in [-0.2, 0) is 8.85 Å². The molecule has 0 aliphatic rings. The van der Waals surface area contributed by atoms with E-state index >= 15 is 0 Å². The van der Waals surface area contributed by atoms with E-state index < -0.39 is 18.0 Å². The van der Waals surface area contributed by atoms with E-state index in [-0.39, 0.29) is 11.5 Å². The molecule has 21 heavy (non-hydrogen) atoms. The number of rotatable bonds is 9. The Bertz CT molecular complexity index is 300. The molecule has 127 valence electrons. The summed E-state index contributed by atoms with van der Waals surface area (Å²) in [6, 6.07) is 0. The Morgan fingerprint density at radius 2 is 1.62 bits per heavy atom. The van der Waals surface area contributed by atoms with Crippen LogP contribution in [0.25, 0.3) is 0 Å². The SMILES string of the molecule is CCCO[Si](C)(OC(CC)C(C)(C)C)C(CC)S(C)(C)[Si]. The van der Waals surface area contributed by atoms with Crippen LogP contribution in [0.2, 0.25) is 6.55 Å². The van der Waals surface area contributed by atoms with Gasteiger partial charge < -0.3 is 8.85 Å². The van der Waals surface area contributed by atoms with Gasteiger partial charge >= 0.3 is 8.56 Å². The molecule has 3 atom stereocenters. The van der Waals surface area contributed by atoms with Gasteiger partial charge in [-0.05, 0) is 43.7 Å².